The number of para-hydroxylation sites is 1. The zero-order valence-electron chi connectivity index (χ0n) is 18.2. The molecule has 0 bridgehead atoms. The van der Waals surface area contributed by atoms with Crippen LogP contribution in [0.4, 0.5) is 0 Å². The highest BCUT2D eigenvalue weighted by Gasteiger charge is 2.20. The van der Waals surface area contributed by atoms with E-state index in [1.54, 1.807) is 43.6 Å². The van der Waals surface area contributed by atoms with Gasteiger partial charge in [-0.15, -0.1) is 0 Å². The smallest absolute Gasteiger partial charge is 0.235 e. The molecule has 0 unspecified atom stereocenters. The maximum atomic E-state index is 13.3. The minimum Gasteiger partial charge on any atom is -0.497 e. The normalized spacial score (nSPS) is 11.1. The lowest BCUT2D eigenvalue weighted by Crippen LogP contribution is -2.17. The Labute approximate surface area is 189 Å². The van der Waals surface area contributed by atoms with Crippen molar-refractivity contribution in [1.29, 1.82) is 0 Å². The van der Waals surface area contributed by atoms with Gasteiger partial charge in [0, 0.05) is 28.2 Å². The first kappa shape index (κ1) is 20.6. The number of carbonyl (C=O) groups is 1. The SMILES string of the molecule is COc1ccc(-c2oc3cc(C)ccc3c(=O)c2OCC(=O)c2c[nH]c3ccccc23)cc1. The van der Waals surface area contributed by atoms with Gasteiger partial charge in [0.15, 0.2) is 12.4 Å². The summed E-state index contributed by atoms with van der Waals surface area (Å²) in [7, 11) is 1.58. The molecule has 164 valence electrons. The molecule has 6 nitrogen and oxygen atoms in total. The molecule has 0 aliphatic carbocycles. The summed E-state index contributed by atoms with van der Waals surface area (Å²) >= 11 is 0. The first-order valence-corrected chi connectivity index (χ1v) is 10.5. The number of H-pyrrole nitrogens is 1. The van der Waals surface area contributed by atoms with Crippen molar-refractivity contribution in [3.05, 3.63) is 94.3 Å². The van der Waals surface area contributed by atoms with Gasteiger partial charge in [0.2, 0.25) is 17.0 Å². The fourth-order valence-electron chi connectivity index (χ4n) is 3.86. The van der Waals surface area contributed by atoms with E-state index in [0.717, 1.165) is 16.5 Å². The van der Waals surface area contributed by atoms with Gasteiger partial charge in [-0.05, 0) is 55.0 Å². The molecule has 0 saturated carbocycles. The van der Waals surface area contributed by atoms with Crippen LogP contribution >= 0.6 is 0 Å². The second-order valence-electron chi connectivity index (χ2n) is 7.78. The minimum atomic E-state index is -0.325. The number of aryl methyl sites for hydroxylation is 1. The van der Waals surface area contributed by atoms with Gasteiger partial charge < -0.3 is 18.9 Å². The van der Waals surface area contributed by atoms with E-state index in [0.29, 0.717) is 27.8 Å². The van der Waals surface area contributed by atoms with E-state index >= 15 is 0 Å². The van der Waals surface area contributed by atoms with Crippen molar-refractivity contribution in [1.82, 2.24) is 4.98 Å². The van der Waals surface area contributed by atoms with Crippen molar-refractivity contribution in [2.24, 2.45) is 0 Å². The van der Waals surface area contributed by atoms with E-state index < -0.39 is 0 Å². The third-order valence-electron chi connectivity index (χ3n) is 5.60. The number of ketones is 1. The highest BCUT2D eigenvalue weighted by atomic mass is 16.5. The Morgan fingerprint density at radius 3 is 2.58 bits per heavy atom. The quantitative estimate of drug-likeness (QED) is 0.352. The molecular formula is C27H21NO5. The summed E-state index contributed by atoms with van der Waals surface area (Å²) in [5.74, 6) is 0.712. The fraction of sp³-hybridized carbons (Fsp3) is 0.111. The summed E-state index contributed by atoms with van der Waals surface area (Å²) in [6.45, 7) is 1.63. The molecule has 0 saturated heterocycles. The fourth-order valence-corrected chi connectivity index (χ4v) is 3.86. The molecule has 3 aromatic carbocycles. The van der Waals surface area contributed by atoms with Gasteiger partial charge in [-0.1, -0.05) is 24.3 Å². The van der Waals surface area contributed by atoms with Crippen LogP contribution < -0.4 is 14.9 Å². The number of fused-ring (bicyclic) bond motifs is 2. The van der Waals surface area contributed by atoms with Gasteiger partial charge in [-0.2, -0.15) is 0 Å². The Morgan fingerprint density at radius 2 is 1.79 bits per heavy atom. The van der Waals surface area contributed by atoms with E-state index in [1.165, 1.54) is 0 Å². The molecule has 1 N–H and O–H groups in total. The van der Waals surface area contributed by atoms with Crippen molar-refractivity contribution in [3.63, 3.8) is 0 Å². The van der Waals surface area contributed by atoms with Gasteiger partial charge in [-0.25, -0.2) is 0 Å². The molecule has 2 aromatic heterocycles. The molecule has 0 aliphatic rings. The van der Waals surface area contributed by atoms with E-state index in [2.05, 4.69) is 4.98 Å². The van der Waals surface area contributed by atoms with Crippen LogP contribution in [0.1, 0.15) is 15.9 Å². The Bertz CT molecular complexity index is 1540. The zero-order valence-corrected chi connectivity index (χ0v) is 18.2. The number of ether oxygens (including phenoxy) is 2. The molecule has 5 rings (SSSR count). The molecule has 0 spiro atoms. The molecule has 0 amide bonds. The van der Waals surface area contributed by atoms with Crippen LogP contribution in [0.2, 0.25) is 0 Å². The number of methoxy groups -OCH3 is 1. The number of nitrogens with one attached hydrogen (secondary N) is 1. The number of carbonyl (C=O) groups excluding carboxylic acids is 1. The number of rotatable bonds is 6. The van der Waals surface area contributed by atoms with Gasteiger partial charge in [0.05, 0.1) is 12.5 Å². The lowest BCUT2D eigenvalue weighted by molar-refractivity contribution is 0.0922. The third-order valence-corrected chi connectivity index (χ3v) is 5.60. The average molecular weight is 439 g/mol. The van der Waals surface area contributed by atoms with Crippen LogP contribution in [0.15, 0.2) is 82.1 Å². The maximum absolute atomic E-state index is 13.3. The number of benzene rings is 3. The van der Waals surface area contributed by atoms with Crippen molar-refractivity contribution < 1.29 is 18.7 Å². The van der Waals surface area contributed by atoms with Crippen molar-refractivity contribution in [2.75, 3.05) is 13.7 Å². The second kappa shape index (κ2) is 8.31. The van der Waals surface area contributed by atoms with E-state index in [1.807, 2.05) is 43.3 Å². The van der Waals surface area contributed by atoms with Crippen molar-refractivity contribution in [3.8, 4) is 22.8 Å². The predicted molar refractivity (Wildman–Crippen MR) is 127 cm³/mol. The van der Waals surface area contributed by atoms with Crippen LogP contribution in [0.3, 0.4) is 0 Å². The predicted octanol–water partition coefficient (Wildman–Crippen LogP) is 5.52. The number of hydrogen-bond acceptors (Lipinski definition) is 5. The van der Waals surface area contributed by atoms with Crippen LogP contribution in [0, 0.1) is 6.92 Å². The summed E-state index contributed by atoms with van der Waals surface area (Å²) in [4.78, 5) is 29.4. The average Bonchev–Trinajstić information content (AvgIpc) is 3.27. The number of aromatic nitrogens is 1. The zero-order chi connectivity index (χ0) is 22.9. The Kier molecular flexibility index (Phi) is 5.18. The molecular weight excluding hydrogens is 418 g/mol. The summed E-state index contributed by atoms with van der Waals surface area (Å²) in [6, 6.07) is 20.0. The second-order valence-corrected chi connectivity index (χ2v) is 7.78. The van der Waals surface area contributed by atoms with Gasteiger partial charge in [0.25, 0.3) is 0 Å². The van der Waals surface area contributed by atoms with Crippen LogP contribution in [-0.4, -0.2) is 24.5 Å². The van der Waals surface area contributed by atoms with Crippen molar-refractivity contribution >= 4 is 27.7 Å². The largest absolute Gasteiger partial charge is 0.497 e. The highest BCUT2D eigenvalue weighted by molar-refractivity contribution is 6.08. The van der Waals surface area contributed by atoms with E-state index in [4.69, 9.17) is 13.9 Å². The van der Waals surface area contributed by atoms with Crippen LogP contribution in [0.5, 0.6) is 11.5 Å². The Balaban J connectivity index is 1.56. The summed E-state index contributed by atoms with van der Waals surface area (Å²) in [5.41, 5.74) is 3.12. The standard InChI is InChI=1S/C27H21NO5/c1-16-7-12-20-24(13-16)33-26(17-8-10-18(31-2)11-9-17)27(25(20)30)32-15-23(29)21-14-28-22-6-4-3-5-19(21)22/h3-14,28H,15H2,1-2H3. The van der Waals surface area contributed by atoms with Gasteiger partial charge in [0.1, 0.15) is 11.3 Å². The molecule has 2 heterocycles. The van der Waals surface area contributed by atoms with Crippen LogP contribution in [0.25, 0.3) is 33.2 Å². The Morgan fingerprint density at radius 1 is 1.00 bits per heavy atom. The van der Waals surface area contributed by atoms with E-state index in [9.17, 15) is 9.59 Å². The molecule has 0 atom stereocenters. The van der Waals surface area contributed by atoms with Crippen molar-refractivity contribution in [2.45, 2.75) is 6.92 Å². The lowest BCUT2D eigenvalue weighted by atomic mass is 10.1. The molecule has 5 aromatic rings. The van der Waals surface area contributed by atoms with E-state index in [-0.39, 0.29) is 29.3 Å². The minimum absolute atomic E-state index is 0.00436. The highest BCUT2D eigenvalue weighted by Crippen LogP contribution is 2.32. The third kappa shape index (κ3) is 3.76. The number of hydrogen-bond donors (Lipinski definition) is 1. The molecule has 0 aliphatic heterocycles. The maximum Gasteiger partial charge on any atom is 0.235 e. The molecule has 33 heavy (non-hydrogen) atoms. The Hall–Kier alpha value is -4.32. The molecule has 0 radical (unpaired) electrons. The molecule has 0 fully saturated rings. The van der Waals surface area contributed by atoms with Crippen LogP contribution in [-0.2, 0) is 0 Å². The number of Topliss-reactive ketones (excluding diaryl/α,β-unsaturated/α-hetero) is 1. The topological polar surface area (TPSA) is 81.5 Å². The summed E-state index contributed by atoms with van der Waals surface area (Å²) in [6.07, 6.45) is 1.66. The van der Waals surface area contributed by atoms with Gasteiger partial charge >= 0.3 is 0 Å². The first-order chi connectivity index (χ1) is 16.0. The molecule has 6 heteroatoms. The first-order valence-electron chi connectivity index (χ1n) is 10.5. The van der Waals surface area contributed by atoms with Gasteiger partial charge in [-0.3, -0.25) is 9.59 Å². The number of aromatic amines is 1. The summed E-state index contributed by atoms with van der Waals surface area (Å²) < 4.78 is 17.2. The summed E-state index contributed by atoms with van der Waals surface area (Å²) in [5, 5.41) is 1.20. The lowest BCUT2D eigenvalue weighted by Gasteiger charge is -2.12. The monoisotopic (exact) mass is 439 g/mol.